The Morgan fingerprint density at radius 3 is 2.67 bits per heavy atom. The Labute approximate surface area is 110 Å². The molecule has 0 aliphatic heterocycles. The molecule has 0 spiro atoms. The van der Waals surface area contributed by atoms with Crippen LogP contribution in [0, 0.1) is 0 Å². The van der Waals surface area contributed by atoms with Gasteiger partial charge in [-0.05, 0) is 38.5 Å². The molecule has 1 atom stereocenters. The van der Waals surface area contributed by atoms with Crippen LogP contribution in [0.4, 0.5) is 0 Å². The molecular formula is C13H17NO3S. The second kappa shape index (κ2) is 6.02. The summed E-state index contributed by atoms with van der Waals surface area (Å²) < 4.78 is 20.0. The van der Waals surface area contributed by atoms with Crippen molar-refractivity contribution in [3.63, 3.8) is 0 Å². The summed E-state index contributed by atoms with van der Waals surface area (Å²) in [7, 11) is 1.33. The molecule has 0 saturated heterocycles. The normalized spacial score (nSPS) is 13.6. The van der Waals surface area contributed by atoms with Crippen LogP contribution in [0.5, 0.6) is 0 Å². The molecule has 1 unspecified atom stereocenters. The molecule has 0 radical (unpaired) electrons. The zero-order chi connectivity index (χ0) is 13.8. The zero-order valence-corrected chi connectivity index (χ0v) is 11.8. The first-order valence-electron chi connectivity index (χ1n) is 5.49. The third kappa shape index (κ3) is 4.16. The van der Waals surface area contributed by atoms with Gasteiger partial charge in [0, 0.05) is 0 Å². The number of esters is 1. The van der Waals surface area contributed by atoms with E-state index in [1.807, 2.05) is 20.8 Å². The third-order valence-electron chi connectivity index (χ3n) is 2.13. The number of carbonyl (C=O) groups is 1. The van der Waals surface area contributed by atoms with Gasteiger partial charge in [0.1, 0.15) is 16.1 Å². The molecule has 0 aliphatic carbocycles. The van der Waals surface area contributed by atoms with Gasteiger partial charge in [0.25, 0.3) is 0 Å². The summed E-state index contributed by atoms with van der Waals surface area (Å²) in [5.41, 5.74) is 1.17. The van der Waals surface area contributed by atoms with Crippen molar-refractivity contribution in [2.24, 2.45) is 4.40 Å². The number of nitrogens with zero attached hydrogens (tertiary/aromatic N) is 1. The summed E-state index contributed by atoms with van der Waals surface area (Å²) in [4.78, 5) is 11.3. The lowest BCUT2D eigenvalue weighted by Crippen LogP contribution is -2.25. The van der Waals surface area contributed by atoms with E-state index in [-0.39, 0.29) is 0 Å². The average Bonchev–Trinajstić information content (AvgIpc) is 2.34. The number of hydrogen-bond acceptors (Lipinski definition) is 4. The molecule has 4 nitrogen and oxygen atoms in total. The predicted octanol–water partition coefficient (Wildman–Crippen LogP) is 2.35. The van der Waals surface area contributed by atoms with E-state index in [0.717, 1.165) is 5.56 Å². The number of methoxy groups -OCH3 is 1. The van der Waals surface area contributed by atoms with E-state index in [9.17, 15) is 9.35 Å². The molecule has 0 heterocycles. The Hall–Kier alpha value is -1.33. The van der Waals surface area contributed by atoms with Crippen LogP contribution < -0.4 is 0 Å². The fourth-order valence-electron chi connectivity index (χ4n) is 1.13. The predicted molar refractivity (Wildman–Crippen MR) is 73.3 cm³/mol. The van der Waals surface area contributed by atoms with Crippen LogP contribution in [-0.4, -0.2) is 28.6 Å². The second-order valence-corrected chi connectivity index (χ2v) is 6.65. The Morgan fingerprint density at radius 1 is 1.44 bits per heavy atom. The highest BCUT2D eigenvalue weighted by molar-refractivity contribution is 7.91. The molecule has 0 N–H and O–H groups in total. The molecule has 0 fully saturated rings. The lowest BCUT2D eigenvalue weighted by molar-refractivity contribution is 0.0600. The largest absolute Gasteiger partial charge is 0.591 e. The van der Waals surface area contributed by atoms with Crippen LogP contribution >= 0.6 is 0 Å². The summed E-state index contributed by atoms with van der Waals surface area (Å²) in [5, 5.41) is 0. The highest BCUT2D eigenvalue weighted by Crippen LogP contribution is 2.17. The van der Waals surface area contributed by atoms with Gasteiger partial charge in [0.05, 0.1) is 18.9 Å². The van der Waals surface area contributed by atoms with E-state index in [4.69, 9.17) is 0 Å². The van der Waals surface area contributed by atoms with Gasteiger partial charge in [-0.3, -0.25) is 0 Å². The number of rotatable bonds is 3. The van der Waals surface area contributed by atoms with Crippen LogP contribution in [0.15, 0.2) is 28.7 Å². The van der Waals surface area contributed by atoms with Crippen molar-refractivity contribution in [2.45, 2.75) is 25.5 Å². The van der Waals surface area contributed by atoms with Gasteiger partial charge in [-0.25, -0.2) is 4.79 Å². The van der Waals surface area contributed by atoms with Crippen LogP contribution in [0.2, 0.25) is 0 Å². The van der Waals surface area contributed by atoms with Crippen molar-refractivity contribution < 1.29 is 14.1 Å². The Morgan fingerprint density at radius 2 is 2.11 bits per heavy atom. The molecule has 0 aromatic heterocycles. The van der Waals surface area contributed by atoms with Crippen LogP contribution in [0.1, 0.15) is 36.7 Å². The van der Waals surface area contributed by atoms with E-state index < -0.39 is 22.1 Å². The summed E-state index contributed by atoms with van der Waals surface area (Å²) in [5.74, 6) is -0.401. The van der Waals surface area contributed by atoms with Crippen molar-refractivity contribution >= 4 is 23.5 Å². The highest BCUT2D eigenvalue weighted by Gasteiger charge is 2.25. The minimum Gasteiger partial charge on any atom is -0.591 e. The minimum atomic E-state index is -1.30. The molecule has 0 aliphatic rings. The van der Waals surface area contributed by atoms with Crippen LogP contribution in [-0.2, 0) is 16.1 Å². The average molecular weight is 267 g/mol. The molecule has 1 aromatic rings. The van der Waals surface area contributed by atoms with Crippen molar-refractivity contribution in [3.8, 4) is 0 Å². The summed E-state index contributed by atoms with van der Waals surface area (Å²) >= 11 is -1.30. The van der Waals surface area contributed by atoms with Gasteiger partial charge >= 0.3 is 5.97 Å². The Kier molecular flexibility index (Phi) is 4.93. The molecule has 98 valence electrons. The first-order chi connectivity index (χ1) is 8.34. The summed E-state index contributed by atoms with van der Waals surface area (Å²) in [6, 6.07) is 6.82. The molecule has 18 heavy (non-hydrogen) atoms. The van der Waals surface area contributed by atoms with Gasteiger partial charge in [-0.1, -0.05) is 16.5 Å². The van der Waals surface area contributed by atoms with Crippen molar-refractivity contribution in [2.75, 3.05) is 7.11 Å². The lowest BCUT2D eigenvalue weighted by Gasteiger charge is -2.17. The maximum absolute atomic E-state index is 11.7. The van der Waals surface area contributed by atoms with E-state index >= 15 is 0 Å². The SMILES string of the molecule is COC(=O)c1cccc(C=N[S+]([O-])C(C)(C)C)c1. The molecule has 1 rings (SSSR count). The fraction of sp³-hybridized carbons (Fsp3) is 0.385. The van der Waals surface area contributed by atoms with Crippen molar-refractivity contribution in [1.29, 1.82) is 0 Å². The molecule has 0 saturated carbocycles. The fourth-order valence-corrected chi connectivity index (χ4v) is 1.66. The Balaban J connectivity index is 2.86. The van der Waals surface area contributed by atoms with E-state index in [1.54, 1.807) is 24.3 Å². The number of benzene rings is 1. The molecule has 0 amide bonds. The van der Waals surface area contributed by atoms with Crippen LogP contribution in [0.25, 0.3) is 0 Å². The summed E-state index contributed by atoms with van der Waals surface area (Å²) in [6.07, 6.45) is 1.51. The van der Waals surface area contributed by atoms with Gasteiger partial charge in [0.15, 0.2) is 0 Å². The van der Waals surface area contributed by atoms with Crippen LogP contribution in [0.3, 0.4) is 0 Å². The maximum atomic E-state index is 11.7. The smallest absolute Gasteiger partial charge is 0.337 e. The maximum Gasteiger partial charge on any atom is 0.337 e. The molecule has 5 heteroatoms. The molecule has 0 bridgehead atoms. The van der Waals surface area contributed by atoms with Crippen molar-refractivity contribution in [1.82, 2.24) is 0 Å². The van der Waals surface area contributed by atoms with Gasteiger partial charge in [-0.2, -0.15) is 0 Å². The minimum absolute atomic E-state index is 0.392. The standard InChI is InChI=1S/C13H17NO3S/c1-13(2,3)18(16)14-9-10-6-5-7-11(8-10)12(15)17-4/h5-9H,1-4H3. The molecule has 1 aromatic carbocycles. The monoisotopic (exact) mass is 267 g/mol. The second-order valence-electron chi connectivity index (χ2n) is 4.71. The number of ether oxygens (including phenoxy) is 1. The number of carbonyl (C=O) groups excluding carboxylic acids is 1. The van der Waals surface area contributed by atoms with Gasteiger partial charge in [0.2, 0.25) is 0 Å². The van der Waals surface area contributed by atoms with E-state index in [1.165, 1.54) is 13.3 Å². The van der Waals surface area contributed by atoms with E-state index in [0.29, 0.717) is 5.56 Å². The Bertz CT molecular complexity index is 452. The molecular weight excluding hydrogens is 250 g/mol. The zero-order valence-electron chi connectivity index (χ0n) is 11.0. The highest BCUT2D eigenvalue weighted by atomic mass is 32.2. The third-order valence-corrected chi connectivity index (χ3v) is 3.47. The van der Waals surface area contributed by atoms with E-state index in [2.05, 4.69) is 9.13 Å². The lowest BCUT2D eigenvalue weighted by atomic mass is 10.1. The first-order valence-corrected chi connectivity index (χ1v) is 6.59. The summed E-state index contributed by atoms with van der Waals surface area (Å²) in [6.45, 7) is 5.56. The van der Waals surface area contributed by atoms with Crippen molar-refractivity contribution in [3.05, 3.63) is 35.4 Å². The topological polar surface area (TPSA) is 61.7 Å². The first kappa shape index (κ1) is 14.7. The van der Waals surface area contributed by atoms with Gasteiger partial charge in [-0.15, -0.1) is 0 Å². The quantitative estimate of drug-likeness (QED) is 0.480. The number of hydrogen-bond donors (Lipinski definition) is 0. The van der Waals surface area contributed by atoms with Gasteiger partial charge < -0.3 is 9.29 Å².